The van der Waals surface area contributed by atoms with Gasteiger partial charge >= 0.3 is 0 Å². The monoisotopic (exact) mass is 248 g/mol. The van der Waals surface area contributed by atoms with Crippen LogP contribution < -0.4 is 10.1 Å². The molecule has 0 bridgehead atoms. The van der Waals surface area contributed by atoms with Crippen LogP contribution in [0.3, 0.4) is 0 Å². The average Bonchev–Trinajstić information content (AvgIpc) is 2.38. The Labute approximate surface area is 110 Å². The second-order valence-electron chi connectivity index (χ2n) is 5.18. The molecule has 1 aliphatic rings. The lowest BCUT2D eigenvalue weighted by Crippen LogP contribution is -2.46. The maximum atomic E-state index is 5.21. The van der Waals surface area contributed by atoms with Crippen LogP contribution in [0, 0.1) is 0 Å². The Hall–Kier alpha value is -1.06. The van der Waals surface area contributed by atoms with E-state index in [1.165, 1.54) is 12.0 Å². The fourth-order valence-electron chi connectivity index (χ4n) is 2.87. The van der Waals surface area contributed by atoms with E-state index in [-0.39, 0.29) is 0 Å². The minimum atomic E-state index is 0.612. The Morgan fingerprint density at radius 1 is 1.28 bits per heavy atom. The number of hydrogen-bond acceptors (Lipinski definition) is 3. The first-order valence-electron chi connectivity index (χ1n) is 6.78. The molecule has 1 saturated heterocycles. The lowest BCUT2D eigenvalue weighted by atomic mass is 9.88. The predicted octanol–water partition coefficient (Wildman–Crippen LogP) is 2.09. The van der Waals surface area contributed by atoms with Crippen molar-refractivity contribution in [2.75, 3.05) is 33.8 Å². The molecular weight excluding hydrogens is 224 g/mol. The molecule has 0 aliphatic carbocycles. The molecule has 2 rings (SSSR count). The highest BCUT2D eigenvalue weighted by atomic mass is 16.5. The first-order chi connectivity index (χ1) is 8.72. The van der Waals surface area contributed by atoms with Crippen LogP contribution in [0.25, 0.3) is 0 Å². The Balaban J connectivity index is 2.06. The van der Waals surface area contributed by atoms with E-state index in [9.17, 15) is 0 Å². The van der Waals surface area contributed by atoms with Gasteiger partial charge in [0.1, 0.15) is 5.75 Å². The normalized spacial score (nSPS) is 25.1. The number of rotatable bonds is 4. The molecule has 0 aromatic heterocycles. The van der Waals surface area contributed by atoms with Crippen LogP contribution in [-0.2, 0) is 0 Å². The van der Waals surface area contributed by atoms with Gasteiger partial charge in [-0.15, -0.1) is 0 Å². The molecule has 2 unspecified atom stereocenters. The van der Waals surface area contributed by atoms with E-state index >= 15 is 0 Å². The van der Waals surface area contributed by atoms with Crippen molar-refractivity contribution in [3.63, 3.8) is 0 Å². The highest BCUT2D eigenvalue weighted by Gasteiger charge is 2.25. The molecule has 0 radical (unpaired) electrons. The molecule has 100 valence electrons. The number of likely N-dealkylation sites (N-methyl/N-ethyl adjacent to an activating group) is 2. The number of methoxy groups -OCH3 is 1. The van der Waals surface area contributed by atoms with Crippen LogP contribution in [0.4, 0.5) is 0 Å². The van der Waals surface area contributed by atoms with Crippen molar-refractivity contribution in [3.05, 3.63) is 29.8 Å². The maximum Gasteiger partial charge on any atom is 0.118 e. The third-order valence-electron chi connectivity index (χ3n) is 3.71. The Bertz CT molecular complexity index is 363. The molecule has 0 spiro atoms. The molecule has 1 heterocycles. The molecule has 0 saturated carbocycles. The first-order valence-corrected chi connectivity index (χ1v) is 6.78. The van der Waals surface area contributed by atoms with Crippen LogP contribution >= 0.6 is 0 Å². The van der Waals surface area contributed by atoms with E-state index in [2.05, 4.69) is 48.5 Å². The molecule has 1 aliphatic heterocycles. The minimum Gasteiger partial charge on any atom is -0.497 e. The molecule has 2 atom stereocenters. The zero-order chi connectivity index (χ0) is 13.0. The summed E-state index contributed by atoms with van der Waals surface area (Å²) in [6.07, 6.45) is 1.23. The molecule has 1 N–H and O–H groups in total. The molecular formula is C15H24N2O. The van der Waals surface area contributed by atoms with Gasteiger partial charge in [0.25, 0.3) is 0 Å². The van der Waals surface area contributed by atoms with Crippen molar-refractivity contribution in [1.29, 1.82) is 0 Å². The van der Waals surface area contributed by atoms with Gasteiger partial charge < -0.3 is 15.0 Å². The van der Waals surface area contributed by atoms with Crippen LogP contribution in [0.1, 0.15) is 24.8 Å². The van der Waals surface area contributed by atoms with Gasteiger partial charge in [0.05, 0.1) is 7.11 Å². The van der Waals surface area contributed by atoms with Crippen LogP contribution in [0.15, 0.2) is 24.3 Å². The molecule has 3 nitrogen and oxygen atoms in total. The predicted molar refractivity (Wildman–Crippen MR) is 75.3 cm³/mol. The number of hydrogen-bond donors (Lipinski definition) is 1. The molecule has 1 fully saturated rings. The highest BCUT2D eigenvalue weighted by molar-refractivity contribution is 5.30. The number of likely N-dealkylation sites (tertiary alicyclic amines) is 1. The summed E-state index contributed by atoms with van der Waals surface area (Å²) in [6, 6.07) is 9.14. The second kappa shape index (κ2) is 6.21. The molecule has 1 aromatic carbocycles. The third-order valence-corrected chi connectivity index (χ3v) is 3.71. The fourth-order valence-corrected chi connectivity index (χ4v) is 2.87. The molecule has 1 aromatic rings. The van der Waals surface area contributed by atoms with Crippen molar-refractivity contribution in [3.8, 4) is 5.75 Å². The summed E-state index contributed by atoms with van der Waals surface area (Å²) >= 11 is 0. The van der Waals surface area contributed by atoms with E-state index in [1.54, 1.807) is 7.11 Å². The third kappa shape index (κ3) is 3.24. The number of benzene rings is 1. The van der Waals surface area contributed by atoms with Gasteiger partial charge in [0.2, 0.25) is 0 Å². The first kappa shape index (κ1) is 13.4. The topological polar surface area (TPSA) is 24.5 Å². The van der Waals surface area contributed by atoms with Crippen molar-refractivity contribution in [2.45, 2.75) is 25.3 Å². The van der Waals surface area contributed by atoms with E-state index < -0.39 is 0 Å². The lowest BCUT2D eigenvalue weighted by Gasteiger charge is -2.36. The second-order valence-corrected chi connectivity index (χ2v) is 5.18. The van der Waals surface area contributed by atoms with Crippen LogP contribution in [0.2, 0.25) is 0 Å². The Morgan fingerprint density at radius 2 is 2.00 bits per heavy atom. The minimum absolute atomic E-state index is 0.612. The van der Waals surface area contributed by atoms with Crippen LogP contribution in [-0.4, -0.2) is 44.7 Å². The van der Waals surface area contributed by atoms with Gasteiger partial charge in [-0.25, -0.2) is 0 Å². The van der Waals surface area contributed by atoms with Crippen molar-refractivity contribution < 1.29 is 4.74 Å². The number of nitrogens with one attached hydrogen (secondary N) is 1. The van der Waals surface area contributed by atoms with Crippen molar-refractivity contribution >= 4 is 0 Å². The average molecular weight is 248 g/mol. The summed E-state index contributed by atoms with van der Waals surface area (Å²) in [4.78, 5) is 2.42. The number of nitrogens with zero attached hydrogens (tertiary/aromatic N) is 1. The summed E-state index contributed by atoms with van der Waals surface area (Å²) in [5, 5.41) is 3.57. The van der Waals surface area contributed by atoms with Crippen LogP contribution in [0.5, 0.6) is 5.75 Å². The summed E-state index contributed by atoms with van der Waals surface area (Å²) in [7, 11) is 3.92. The fraction of sp³-hybridized carbons (Fsp3) is 0.600. The zero-order valence-electron chi connectivity index (χ0n) is 11.6. The van der Waals surface area contributed by atoms with Crippen molar-refractivity contribution in [1.82, 2.24) is 10.2 Å². The Morgan fingerprint density at radius 3 is 2.61 bits per heavy atom. The summed E-state index contributed by atoms with van der Waals surface area (Å²) in [6.45, 7) is 5.53. The molecule has 18 heavy (non-hydrogen) atoms. The Kier molecular flexibility index (Phi) is 4.61. The standard InChI is InChI=1S/C15H24N2O/c1-4-16-14-9-13(10-17(2)11-14)12-5-7-15(18-3)8-6-12/h5-8,13-14,16H,4,9-11H2,1-3H3. The van der Waals surface area contributed by atoms with Gasteiger partial charge in [-0.1, -0.05) is 19.1 Å². The van der Waals surface area contributed by atoms with E-state index in [4.69, 9.17) is 4.74 Å². The SMILES string of the molecule is CCNC1CC(c2ccc(OC)cc2)CN(C)C1. The van der Waals surface area contributed by atoms with Gasteiger partial charge in [-0.3, -0.25) is 0 Å². The quantitative estimate of drug-likeness (QED) is 0.883. The molecule has 0 amide bonds. The summed E-state index contributed by atoms with van der Waals surface area (Å²) in [5.74, 6) is 1.56. The zero-order valence-corrected chi connectivity index (χ0v) is 11.6. The van der Waals surface area contributed by atoms with E-state index in [1.807, 2.05) is 0 Å². The van der Waals surface area contributed by atoms with Gasteiger partial charge in [-0.05, 0) is 43.6 Å². The van der Waals surface area contributed by atoms with Crippen molar-refractivity contribution in [2.24, 2.45) is 0 Å². The van der Waals surface area contributed by atoms with E-state index in [0.717, 1.165) is 25.4 Å². The van der Waals surface area contributed by atoms with Gasteiger partial charge in [0, 0.05) is 19.1 Å². The maximum absolute atomic E-state index is 5.21. The van der Waals surface area contributed by atoms with Gasteiger partial charge in [0.15, 0.2) is 0 Å². The highest BCUT2D eigenvalue weighted by Crippen LogP contribution is 2.27. The number of ether oxygens (including phenoxy) is 1. The molecule has 3 heteroatoms. The largest absolute Gasteiger partial charge is 0.497 e. The summed E-state index contributed by atoms with van der Waals surface area (Å²) in [5.41, 5.74) is 1.42. The smallest absolute Gasteiger partial charge is 0.118 e. The van der Waals surface area contributed by atoms with E-state index in [0.29, 0.717) is 12.0 Å². The summed E-state index contributed by atoms with van der Waals surface area (Å²) < 4.78 is 5.21. The number of piperidine rings is 1. The lowest BCUT2D eigenvalue weighted by molar-refractivity contribution is 0.206. The van der Waals surface area contributed by atoms with Gasteiger partial charge in [-0.2, -0.15) is 0 Å².